The van der Waals surface area contributed by atoms with Gasteiger partial charge in [0.25, 0.3) is 0 Å². The monoisotopic (exact) mass is 415 g/mol. The molecule has 0 saturated heterocycles. The molecule has 0 saturated carbocycles. The van der Waals surface area contributed by atoms with Crippen LogP contribution in [0.4, 0.5) is 0 Å². The SMILES string of the molecule is Cc1oc2c(c(C)cc3oc(=O)c(CC(=O)N[C@@H]4C=CS(=O)(=O)C4)c(C)c32)c1C. The molecule has 1 N–H and O–H groups in total. The van der Waals surface area contributed by atoms with E-state index in [-0.39, 0.29) is 17.7 Å². The molecule has 3 aromatic rings. The van der Waals surface area contributed by atoms with Crippen LogP contribution in [0.25, 0.3) is 21.9 Å². The highest BCUT2D eigenvalue weighted by Gasteiger charge is 2.25. The summed E-state index contributed by atoms with van der Waals surface area (Å²) in [4.78, 5) is 25.0. The quantitative estimate of drug-likeness (QED) is 0.659. The minimum atomic E-state index is -3.28. The van der Waals surface area contributed by atoms with Gasteiger partial charge in [0.15, 0.2) is 9.84 Å². The summed E-state index contributed by atoms with van der Waals surface area (Å²) in [6.07, 6.45) is 1.23. The van der Waals surface area contributed by atoms with Gasteiger partial charge in [0.1, 0.15) is 16.9 Å². The Hall–Kier alpha value is -2.87. The van der Waals surface area contributed by atoms with Gasteiger partial charge in [-0.05, 0) is 56.5 Å². The molecule has 1 atom stereocenters. The lowest BCUT2D eigenvalue weighted by Crippen LogP contribution is -2.37. The van der Waals surface area contributed by atoms with Crippen LogP contribution in [0.5, 0.6) is 0 Å². The number of amides is 1. The number of aryl methyl sites for hydroxylation is 4. The van der Waals surface area contributed by atoms with Crippen LogP contribution in [0.3, 0.4) is 0 Å². The molecule has 8 heteroatoms. The summed E-state index contributed by atoms with van der Waals surface area (Å²) in [5.41, 5.74) is 3.31. The summed E-state index contributed by atoms with van der Waals surface area (Å²) in [5.74, 6) is 0.172. The molecule has 7 nitrogen and oxygen atoms in total. The number of sulfone groups is 1. The molecule has 2 aromatic heterocycles. The smallest absolute Gasteiger partial charge is 0.340 e. The number of hydrogen-bond acceptors (Lipinski definition) is 6. The first-order valence-electron chi connectivity index (χ1n) is 9.23. The van der Waals surface area contributed by atoms with Crippen LogP contribution in [-0.2, 0) is 21.1 Å². The van der Waals surface area contributed by atoms with Gasteiger partial charge in [-0.2, -0.15) is 0 Å². The molecule has 0 fully saturated rings. The average Bonchev–Trinajstić information content (AvgIpc) is 3.10. The third-order valence-corrected chi connectivity index (χ3v) is 6.89. The van der Waals surface area contributed by atoms with Gasteiger partial charge in [0.2, 0.25) is 5.91 Å². The standard InChI is InChI=1S/C21H21NO6S/c1-10-7-16-19(20-18(10)11(2)13(4)27-20)12(3)15(21(24)28-16)8-17(23)22-14-5-6-29(25,26)9-14/h5-7,14H,8-9H2,1-4H3,(H,22,23)/t14-/m1/s1. The Bertz CT molecular complexity index is 1370. The van der Waals surface area contributed by atoms with E-state index in [9.17, 15) is 18.0 Å². The van der Waals surface area contributed by atoms with E-state index in [1.807, 2.05) is 26.8 Å². The Kier molecular flexibility index (Phi) is 4.42. The van der Waals surface area contributed by atoms with E-state index in [1.165, 1.54) is 6.08 Å². The highest BCUT2D eigenvalue weighted by molar-refractivity contribution is 7.94. The zero-order valence-electron chi connectivity index (χ0n) is 16.6. The van der Waals surface area contributed by atoms with E-state index in [0.717, 1.165) is 27.7 Å². The lowest BCUT2D eigenvalue weighted by atomic mass is 9.98. The number of rotatable bonds is 3. The second kappa shape index (κ2) is 6.59. The highest BCUT2D eigenvalue weighted by Crippen LogP contribution is 2.36. The Balaban J connectivity index is 1.77. The van der Waals surface area contributed by atoms with Crippen LogP contribution in [0.1, 0.15) is 28.0 Å². The summed E-state index contributed by atoms with van der Waals surface area (Å²) in [7, 11) is -3.28. The van der Waals surface area contributed by atoms with Crippen LogP contribution in [0.15, 0.2) is 31.2 Å². The molecule has 3 heterocycles. The predicted molar refractivity (Wildman–Crippen MR) is 110 cm³/mol. The van der Waals surface area contributed by atoms with Crippen molar-refractivity contribution in [3.8, 4) is 0 Å². The van der Waals surface area contributed by atoms with Gasteiger partial charge in [-0.25, -0.2) is 13.2 Å². The van der Waals surface area contributed by atoms with Gasteiger partial charge in [0, 0.05) is 10.8 Å². The zero-order valence-corrected chi connectivity index (χ0v) is 17.4. The van der Waals surface area contributed by atoms with E-state index in [2.05, 4.69) is 5.32 Å². The van der Waals surface area contributed by atoms with Crippen molar-refractivity contribution < 1.29 is 22.0 Å². The first-order chi connectivity index (χ1) is 13.6. The van der Waals surface area contributed by atoms with E-state index in [0.29, 0.717) is 22.1 Å². The molecular formula is C21H21NO6S. The molecule has 1 aliphatic heterocycles. The molecule has 1 aromatic carbocycles. The number of furan rings is 1. The van der Waals surface area contributed by atoms with E-state index in [1.54, 1.807) is 6.92 Å². The molecule has 0 bridgehead atoms. The third kappa shape index (κ3) is 3.27. The summed E-state index contributed by atoms with van der Waals surface area (Å²) in [6.45, 7) is 7.56. The van der Waals surface area contributed by atoms with Gasteiger partial charge in [-0.3, -0.25) is 4.79 Å². The second-order valence-corrected chi connectivity index (χ2v) is 9.49. The van der Waals surface area contributed by atoms with Crippen molar-refractivity contribution >= 4 is 37.7 Å². The minimum absolute atomic E-state index is 0.172. The molecule has 0 aliphatic carbocycles. The van der Waals surface area contributed by atoms with Crippen molar-refractivity contribution in [3.05, 3.63) is 56.0 Å². The topological polar surface area (TPSA) is 107 Å². The summed E-state index contributed by atoms with van der Waals surface area (Å²) < 4.78 is 34.5. The van der Waals surface area contributed by atoms with Crippen molar-refractivity contribution in [2.75, 3.05) is 5.75 Å². The molecule has 0 radical (unpaired) electrons. The highest BCUT2D eigenvalue weighted by atomic mass is 32.2. The first kappa shape index (κ1) is 19.4. The predicted octanol–water partition coefficient (Wildman–Crippen LogP) is 2.74. The van der Waals surface area contributed by atoms with E-state index < -0.39 is 27.4 Å². The van der Waals surface area contributed by atoms with Gasteiger partial charge in [0.05, 0.1) is 29.2 Å². The van der Waals surface area contributed by atoms with E-state index >= 15 is 0 Å². The first-order valence-corrected chi connectivity index (χ1v) is 10.9. The maximum atomic E-state index is 12.6. The summed E-state index contributed by atoms with van der Waals surface area (Å²) in [5, 5.41) is 5.38. The zero-order chi connectivity index (χ0) is 21.1. The van der Waals surface area contributed by atoms with Crippen molar-refractivity contribution in [1.29, 1.82) is 0 Å². The van der Waals surface area contributed by atoms with Gasteiger partial charge >= 0.3 is 5.63 Å². The molecule has 0 unspecified atom stereocenters. The average molecular weight is 415 g/mol. The van der Waals surface area contributed by atoms with Crippen LogP contribution >= 0.6 is 0 Å². The Morgan fingerprint density at radius 2 is 1.86 bits per heavy atom. The van der Waals surface area contributed by atoms with Crippen LogP contribution in [-0.4, -0.2) is 26.1 Å². The molecular weight excluding hydrogens is 394 g/mol. The molecule has 4 rings (SSSR count). The Labute approximate surface area is 167 Å². The summed E-state index contributed by atoms with van der Waals surface area (Å²) >= 11 is 0. The minimum Gasteiger partial charge on any atom is -0.460 e. The maximum absolute atomic E-state index is 12.6. The molecule has 152 valence electrons. The number of hydrogen-bond donors (Lipinski definition) is 1. The van der Waals surface area contributed by atoms with Gasteiger partial charge < -0.3 is 14.2 Å². The number of carbonyl (C=O) groups is 1. The Morgan fingerprint density at radius 1 is 1.14 bits per heavy atom. The lowest BCUT2D eigenvalue weighted by molar-refractivity contribution is -0.120. The number of carbonyl (C=O) groups excluding carboxylic acids is 1. The fourth-order valence-electron chi connectivity index (χ4n) is 3.92. The molecule has 0 spiro atoms. The molecule has 1 aliphatic rings. The maximum Gasteiger partial charge on any atom is 0.340 e. The van der Waals surface area contributed by atoms with Crippen molar-refractivity contribution in [2.24, 2.45) is 0 Å². The second-order valence-electron chi connectivity index (χ2n) is 7.56. The Morgan fingerprint density at radius 3 is 2.52 bits per heavy atom. The fourth-order valence-corrected chi connectivity index (χ4v) is 5.16. The van der Waals surface area contributed by atoms with Crippen LogP contribution < -0.4 is 10.9 Å². The van der Waals surface area contributed by atoms with Crippen molar-refractivity contribution in [2.45, 2.75) is 40.2 Å². The number of fused-ring (bicyclic) bond motifs is 3. The largest absolute Gasteiger partial charge is 0.460 e. The lowest BCUT2D eigenvalue weighted by Gasteiger charge is -2.12. The number of nitrogens with one attached hydrogen (secondary N) is 1. The van der Waals surface area contributed by atoms with Crippen molar-refractivity contribution in [1.82, 2.24) is 5.32 Å². The molecule has 1 amide bonds. The van der Waals surface area contributed by atoms with E-state index in [4.69, 9.17) is 8.83 Å². The van der Waals surface area contributed by atoms with Crippen LogP contribution in [0.2, 0.25) is 0 Å². The number of benzene rings is 1. The third-order valence-electron chi connectivity index (χ3n) is 5.49. The van der Waals surface area contributed by atoms with Crippen LogP contribution in [0, 0.1) is 27.7 Å². The van der Waals surface area contributed by atoms with Crippen molar-refractivity contribution in [3.63, 3.8) is 0 Å². The normalized spacial score (nSPS) is 18.0. The van der Waals surface area contributed by atoms with Gasteiger partial charge in [-0.1, -0.05) is 0 Å². The molecule has 29 heavy (non-hydrogen) atoms. The summed E-state index contributed by atoms with van der Waals surface area (Å²) in [6, 6.07) is 1.22. The fraction of sp³-hybridized carbons (Fsp3) is 0.333. The van der Waals surface area contributed by atoms with Gasteiger partial charge in [-0.15, -0.1) is 0 Å².